The molecule has 2 aliphatic rings. The first-order valence-electron chi connectivity index (χ1n) is 11.4. The lowest BCUT2D eigenvalue weighted by molar-refractivity contribution is -0.176. The monoisotopic (exact) mass is 484 g/mol. The summed E-state index contributed by atoms with van der Waals surface area (Å²) in [4.78, 5) is 22.4. The Bertz CT molecular complexity index is 1190. The van der Waals surface area contributed by atoms with Crippen molar-refractivity contribution in [3.05, 3.63) is 36.8 Å². The van der Waals surface area contributed by atoms with E-state index >= 15 is 0 Å². The van der Waals surface area contributed by atoms with Crippen molar-refractivity contribution in [3.8, 4) is 5.75 Å². The molecule has 2 saturated heterocycles. The zero-order valence-corrected chi connectivity index (χ0v) is 19.1. The van der Waals surface area contributed by atoms with Gasteiger partial charge >= 0.3 is 6.03 Å². The normalized spacial score (nSPS) is 26.5. The highest BCUT2D eigenvalue weighted by Crippen LogP contribution is 2.36. The molecule has 2 aliphatic heterocycles. The maximum absolute atomic E-state index is 12.1. The van der Waals surface area contributed by atoms with Crippen LogP contribution in [0.1, 0.15) is 19.6 Å². The van der Waals surface area contributed by atoms with Gasteiger partial charge in [-0.3, -0.25) is 4.90 Å². The van der Waals surface area contributed by atoms with Crippen LogP contribution in [0.25, 0.3) is 11.0 Å². The molecule has 13 heteroatoms. The maximum Gasteiger partial charge on any atom is 0.319 e. The molecule has 3 aromatic rings. The summed E-state index contributed by atoms with van der Waals surface area (Å²) in [5.41, 5.74) is 6.98. The fraction of sp³-hybridized carbons (Fsp3) is 0.455. The SMILES string of the molecule is CC1O[C@H]2[C@@H](O)[C@H](n3ncc4c(N)ncnc43)O[C@@H]2CN1CCCNC(=O)Nc1ccc(O)cc1. The second-order valence-electron chi connectivity index (χ2n) is 8.62. The lowest BCUT2D eigenvalue weighted by Gasteiger charge is -2.39. The summed E-state index contributed by atoms with van der Waals surface area (Å²) in [7, 11) is 0. The average Bonchev–Trinajstić information content (AvgIpc) is 3.40. The van der Waals surface area contributed by atoms with E-state index in [9.17, 15) is 15.0 Å². The molecule has 2 amide bonds. The number of aromatic hydroxyl groups is 1. The first kappa shape index (κ1) is 23.2. The van der Waals surface area contributed by atoms with E-state index in [1.807, 2.05) is 6.92 Å². The largest absolute Gasteiger partial charge is 0.508 e. The number of nitrogens with two attached hydrogens (primary N) is 1. The minimum atomic E-state index is -0.922. The Morgan fingerprint density at radius 1 is 1.26 bits per heavy atom. The van der Waals surface area contributed by atoms with Crippen LogP contribution in [0.2, 0.25) is 0 Å². The van der Waals surface area contributed by atoms with Crippen LogP contribution in [0.5, 0.6) is 5.75 Å². The summed E-state index contributed by atoms with van der Waals surface area (Å²) in [6, 6.07) is 5.93. The number of carbonyl (C=O) groups is 1. The summed E-state index contributed by atoms with van der Waals surface area (Å²) in [6.07, 6.45) is 0.844. The molecule has 0 aliphatic carbocycles. The number of fused-ring (bicyclic) bond motifs is 2. The number of hydrogen-bond donors (Lipinski definition) is 5. The number of amides is 2. The first-order chi connectivity index (χ1) is 16.9. The number of aromatic nitrogens is 4. The van der Waals surface area contributed by atoms with E-state index in [0.717, 1.165) is 0 Å². The van der Waals surface area contributed by atoms with Crippen LogP contribution >= 0.6 is 0 Å². The summed E-state index contributed by atoms with van der Waals surface area (Å²) in [6.45, 7) is 3.63. The van der Waals surface area contributed by atoms with Gasteiger partial charge in [0.1, 0.15) is 42.4 Å². The Morgan fingerprint density at radius 3 is 2.86 bits per heavy atom. The number of phenols is 1. The molecule has 0 bridgehead atoms. The topological polar surface area (TPSA) is 173 Å². The lowest BCUT2D eigenvalue weighted by atomic mass is 10.1. The highest BCUT2D eigenvalue weighted by atomic mass is 16.6. The molecule has 1 unspecified atom stereocenters. The van der Waals surface area contributed by atoms with E-state index in [-0.39, 0.29) is 24.1 Å². The Kier molecular flexibility index (Phi) is 6.38. The molecule has 0 saturated carbocycles. The van der Waals surface area contributed by atoms with Crippen molar-refractivity contribution >= 4 is 28.6 Å². The molecular weight excluding hydrogens is 456 g/mol. The van der Waals surface area contributed by atoms with Crippen molar-refractivity contribution in [1.29, 1.82) is 0 Å². The fourth-order valence-electron chi connectivity index (χ4n) is 4.47. The fourth-order valence-corrected chi connectivity index (χ4v) is 4.47. The number of carbonyl (C=O) groups excluding carboxylic acids is 1. The summed E-state index contributed by atoms with van der Waals surface area (Å²) < 4.78 is 13.8. The molecule has 186 valence electrons. The number of benzene rings is 1. The molecule has 4 heterocycles. The van der Waals surface area contributed by atoms with Crippen LogP contribution in [0.4, 0.5) is 16.3 Å². The van der Waals surface area contributed by atoms with Crippen LogP contribution in [0, 0.1) is 0 Å². The van der Waals surface area contributed by atoms with Crippen LogP contribution < -0.4 is 16.4 Å². The quantitative estimate of drug-likeness (QED) is 0.247. The predicted octanol–water partition coefficient (Wildman–Crippen LogP) is 0.631. The Hall–Kier alpha value is -3.52. The van der Waals surface area contributed by atoms with Gasteiger partial charge in [0, 0.05) is 25.3 Å². The molecule has 13 nitrogen and oxygen atoms in total. The number of rotatable bonds is 6. The highest BCUT2D eigenvalue weighted by Gasteiger charge is 2.50. The van der Waals surface area contributed by atoms with Gasteiger partial charge in [-0.2, -0.15) is 5.10 Å². The van der Waals surface area contributed by atoms with Gasteiger partial charge in [-0.1, -0.05) is 0 Å². The lowest BCUT2D eigenvalue weighted by Crippen LogP contribution is -2.54. The number of anilines is 2. The van der Waals surface area contributed by atoms with Gasteiger partial charge in [0.2, 0.25) is 0 Å². The molecule has 5 rings (SSSR count). The maximum atomic E-state index is 12.1. The smallest absolute Gasteiger partial charge is 0.319 e. The van der Waals surface area contributed by atoms with Gasteiger partial charge in [0.25, 0.3) is 0 Å². The molecule has 0 radical (unpaired) electrons. The van der Waals surface area contributed by atoms with E-state index in [1.54, 1.807) is 18.3 Å². The van der Waals surface area contributed by atoms with E-state index in [1.165, 1.54) is 23.1 Å². The van der Waals surface area contributed by atoms with E-state index < -0.39 is 18.4 Å². The minimum Gasteiger partial charge on any atom is -0.508 e. The van der Waals surface area contributed by atoms with Crippen molar-refractivity contribution < 1.29 is 24.5 Å². The van der Waals surface area contributed by atoms with E-state index in [0.29, 0.717) is 48.6 Å². The van der Waals surface area contributed by atoms with Crippen molar-refractivity contribution in [2.75, 3.05) is 30.7 Å². The zero-order chi connectivity index (χ0) is 24.5. The summed E-state index contributed by atoms with van der Waals surface area (Å²) in [5.74, 6) is 0.449. The van der Waals surface area contributed by atoms with Crippen molar-refractivity contribution in [3.63, 3.8) is 0 Å². The minimum absolute atomic E-state index is 0.137. The second kappa shape index (κ2) is 9.62. The first-order valence-corrected chi connectivity index (χ1v) is 11.4. The van der Waals surface area contributed by atoms with Gasteiger partial charge in [-0.05, 0) is 37.6 Å². The molecule has 6 N–H and O–H groups in total. The molecule has 1 aromatic carbocycles. The van der Waals surface area contributed by atoms with E-state index in [4.69, 9.17) is 15.2 Å². The predicted molar refractivity (Wildman–Crippen MR) is 125 cm³/mol. The molecule has 5 atom stereocenters. The van der Waals surface area contributed by atoms with Crippen LogP contribution in [-0.2, 0) is 9.47 Å². The van der Waals surface area contributed by atoms with Crippen molar-refractivity contribution in [1.82, 2.24) is 30.0 Å². The van der Waals surface area contributed by atoms with Gasteiger partial charge in [-0.15, -0.1) is 0 Å². The van der Waals surface area contributed by atoms with Crippen LogP contribution in [-0.4, -0.2) is 85.1 Å². The average molecular weight is 485 g/mol. The number of nitrogens with zero attached hydrogens (tertiary/aromatic N) is 5. The zero-order valence-electron chi connectivity index (χ0n) is 19.1. The second-order valence-corrected chi connectivity index (χ2v) is 8.62. The van der Waals surface area contributed by atoms with Gasteiger partial charge in [-0.25, -0.2) is 19.4 Å². The highest BCUT2D eigenvalue weighted by molar-refractivity contribution is 5.89. The van der Waals surface area contributed by atoms with Gasteiger partial charge in [0.15, 0.2) is 11.9 Å². The van der Waals surface area contributed by atoms with Gasteiger partial charge < -0.3 is 36.1 Å². The number of phenolic OH excluding ortho intramolecular Hbond substituents is 1. The Morgan fingerprint density at radius 2 is 2.06 bits per heavy atom. The third-order valence-electron chi connectivity index (χ3n) is 6.29. The van der Waals surface area contributed by atoms with Gasteiger partial charge in [0.05, 0.1) is 11.6 Å². The number of hydrogen-bond acceptors (Lipinski definition) is 10. The summed E-state index contributed by atoms with van der Waals surface area (Å²) in [5, 5.41) is 30.7. The molecule has 35 heavy (non-hydrogen) atoms. The Labute approximate surface area is 200 Å². The number of ether oxygens (including phenoxy) is 2. The molecule has 0 spiro atoms. The van der Waals surface area contributed by atoms with Crippen molar-refractivity contribution in [2.45, 2.75) is 44.1 Å². The summed E-state index contributed by atoms with van der Waals surface area (Å²) >= 11 is 0. The van der Waals surface area contributed by atoms with Crippen LogP contribution in [0.15, 0.2) is 36.8 Å². The van der Waals surface area contributed by atoms with Crippen molar-refractivity contribution in [2.24, 2.45) is 0 Å². The third kappa shape index (κ3) is 4.71. The number of aliphatic hydroxyl groups excluding tert-OH is 1. The van der Waals surface area contributed by atoms with Crippen LogP contribution in [0.3, 0.4) is 0 Å². The number of urea groups is 1. The number of aliphatic hydroxyl groups is 1. The molecular formula is C22H28N8O5. The Balaban J connectivity index is 1.13. The number of nitrogens with one attached hydrogen (secondary N) is 2. The molecule has 2 aromatic heterocycles. The molecule has 2 fully saturated rings. The van der Waals surface area contributed by atoms with E-state index in [2.05, 4.69) is 30.6 Å². The standard InChI is InChI=1S/C22H28N8O5/c1-12-29(8-2-7-24-22(33)28-13-3-5-14(31)6-4-13)10-16-18(34-12)17(32)21(35-16)30-20-15(9-27-30)19(23)25-11-26-20/h3-6,9,11-12,16-18,21,31-32H,2,7-8,10H2,1H3,(H2,23,25,26)(H2,24,28,33)/t12?,16-,17-,18-,21-/m1/s1. The third-order valence-corrected chi connectivity index (χ3v) is 6.29. The number of nitrogen functional groups attached to an aromatic ring is 1.